The topological polar surface area (TPSA) is 29.9 Å². The number of hydrogen-bond acceptors (Lipinski definition) is 2. The number of nitrogens with one attached hydrogen (secondary N) is 1. The minimum absolute atomic E-state index is 0.720. The van der Waals surface area contributed by atoms with Crippen LogP contribution in [0.4, 0.5) is 5.69 Å². The molecule has 2 fully saturated rings. The minimum atomic E-state index is 0.720. The Bertz CT molecular complexity index is 331. The second-order valence-electron chi connectivity index (χ2n) is 4.83. The maximum Gasteiger partial charge on any atom is 0.0728 e. The van der Waals surface area contributed by atoms with Crippen molar-refractivity contribution in [3.63, 3.8) is 0 Å². The molecule has 1 N–H and O–H groups in total. The van der Waals surface area contributed by atoms with Gasteiger partial charge in [0.1, 0.15) is 0 Å². The molecular weight excluding hydrogens is 174 g/mol. The van der Waals surface area contributed by atoms with Crippen molar-refractivity contribution in [1.82, 2.24) is 9.78 Å². The summed E-state index contributed by atoms with van der Waals surface area (Å²) in [5.74, 6) is 1.94. The van der Waals surface area contributed by atoms with E-state index < -0.39 is 0 Å². The van der Waals surface area contributed by atoms with Gasteiger partial charge >= 0.3 is 0 Å². The normalized spacial score (nSPS) is 35.1. The molecule has 0 aliphatic heterocycles. The van der Waals surface area contributed by atoms with Crippen LogP contribution in [0.1, 0.15) is 25.7 Å². The molecule has 3 heteroatoms. The first-order chi connectivity index (χ1) is 6.81. The average molecular weight is 191 g/mol. The Morgan fingerprint density at radius 3 is 2.93 bits per heavy atom. The van der Waals surface area contributed by atoms with Gasteiger partial charge in [-0.15, -0.1) is 0 Å². The van der Waals surface area contributed by atoms with Gasteiger partial charge in [0.2, 0.25) is 0 Å². The summed E-state index contributed by atoms with van der Waals surface area (Å²) >= 11 is 0. The maximum absolute atomic E-state index is 4.17. The first-order valence-electron chi connectivity index (χ1n) is 5.56. The highest BCUT2D eigenvalue weighted by atomic mass is 15.3. The summed E-state index contributed by atoms with van der Waals surface area (Å²) in [6.45, 7) is 0. The van der Waals surface area contributed by atoms with Crippen LogP contribution in [0.3, 0.4) is 0 Å². The van der Waals surface area contributed by atoms with E-state index in [2.05, 4.69) is 16.6 Å². The molecule has 2 aliphatic rings. The van der Waals surface area contributed by atoms with Gasteiger partial charge in [0, 0.05) is 19.3 Å². The molecule has 0 saturated heterocycles. The molecule has 0 radical (unpaired) electrons. The molecule has 3 nitrogen and oxygen atoms in total. The molecule has 0 unspecified atom stereocenters. The van der Waals surface area contributed by atoms with E-state index in [1.54, 1.807) is 0 Å². The third-order valence-corrected chi connectivity index (χ3v) is 3.80. The highest BCUT2D eigenvalue weighted by molar-refractivity contribution is 5.40. The van der Waals surface area contributed by atoms with Crippen molar-refractivity contribution in [2.75, 3.05) is 5.32 Å². The van der Waals surface area contributed by atoms with Crippen molar-refractivity contribution in [3.8, 4) is 0 Å². The number of nitrogens with zero attached hydrogens (tertiary/aromatic N) is 2. The van der Waals surface area contributed by atoms with E-state index in [4.69, 9.17) is 0 Å². The van der Waals surface area contributed by atoms with Gasteiger partial charge in [-0.25, -0.2) is 0 Å². The van der Waals surface area contributed by atoms with Crippen LogP contribution in [-0.2, 0) is 7.05 Å². The van der Waals surface area contributed by atoms with Crippen molar-refractivity contribution < 1.29 is 0 Å². The molecule has 2 aliphatic carbocycles. The zero-order valence-electron chi connectivity index (χ0n) is 8.61. The lowest BCUT2D eigenvalue weighted by Crippen LogP contribution is -2.25. The zero-order valence-corrected chi connectivity index (χ0v) is 8.61. The lowest BCUT2D eigenvalue weighted by Gasteiger charge is -2.22. The van der Waals surface area contributed by atoms with E-state index >= 15 is 0 Å². The number of aromatic nitrogens is 2. The fourth-order valence-electron chi connectivity index (χ4n) is 3.13. The predicted molar refractivity (Wildman–Crippen MR) is 56.1 cm³/mol. The molecule has 2 bridgehead atoms. The first kappa shape index (κ1) is 8.33. The van der Waals surface area contributed by atoms with E-state index in [0.29, 0.717) is 0 Å². The van der Waals surface area contributed by atoms with E-state index in [1.807, 2.05) is 17.9 Å². The van der Waals surface area contributed by atoms with Crippen molar-refractivity contribution in [3.05, 3.63) is 12.4 Å². The second-order valence-corrected chi connectivity index (χ2v) is 4.83. The Kier molecular flexibility index (Phi) is 1.79. The molecule has 1 aromatic rings. The van der Waals surface area contributed by atoms with Gasteiger partial charge in [0.15, 0.2) is 0 Å². The van der Waals surface area contributed by atoms with Crippen molar-refractivity contribution in [2.45, 2.75) is 31.7 Å². The Hall–Kier alpha value is -0.990. The second kappa shape index (κ2) is 3.01. The fraction of sp³-hybridized carbons (Fsp3) is 0.727. The Morgan fingerprint density at radius 2 is 2.36 bits per heavy atom. The maximum atomic E-state index is 4.17. The Labute approximate surface area is 84.5 Å². The third-order valence-electron chi connectivity index (χ3n) is 3.80. The van der Waals surface area contributed by atoms with Crippen LogP contribution in [-0.4, -0.2) is 15.8 Å². The number of anilines is 1. The summed E-state index contributed by atoms with van der Waals surface area (Å²) in [4.78, 5) is 0. The number of hydrogen-bond donors (Lipinski definition) is 1. The Balaban J connectivity index is 1.68. The summed E-state index contributed by atoms with van der Waals surface area (Å²) in [6, 6.07) is 0.720. The minimum Gasteiger partial charge on any atom is -0.379 e. The van der Waals surface area contributed by atoms with Crippen LogP contribution in [0.2, 0.25) is 0 Å². The van der Waals surface area contributed by atoms with Crippen molar-refractivity contribution in [1.29, 1.82) is 0 Å². The molecular formula is C11H17N3. The Morgan fingerprint density at radius 1 is 1.43 bits per heavy atom. The molecule has 0 aromatic carbocycles. The SMILES string of the molecule is Cn1cc(N[C@H]2C[C@H]3CC[C@H]2C3)cn1. The highest BCUT2D eigenvalue weighted by Crippen LogP contribution is 2.45. The smallest absolute Gasteiger partial charge is 0.0728 e. The molecule has 76 valence electrons. The van der Waals surface area contributed by atoms with Crippen LogP contribution >= 0.6 is 0 Å². The fourth-order valence-corrected chi connectivity index (χ4v) is 3.13. The lowest BCUT2D eigenvalue weighted by molar-refractivity contribution is 0.440. The van der Waals surface area contributed by atoms with Gasteiger partial charge in [0.05, 0.1) is 11.9 Å². The summed E-state index contributed by atoms with van der Waals surface area (Å²) in [6.07, 6.45) is 9.72. The summed E-state index contributed by atoms with van der Waals surface area (Å²) in [5, 5.41) is 7.78. The van der Waals surface area contributed by atoms with Crippen LogP contribution in [0, 0.1) is 11.8 Å². The largest absolute Gasteiger partial charge is 0.379 e. The van der Waals surface area contributed by atoms with Crippen LogP contribution in [0.15, 0.2) is 12.4 Å². The van der Waals surface area contributed by atoms with Crippen LogP contribution < -0.4 is 5.32 Å². The number of rotatable bonds is 2. The number of fused-ring (bicyclic) bond motifs is 2. The van der Waals surface area contributed by atoms with Gasteiger partial charge in [0.25, 0.3) is 0 Å². The predicted octanol–water partition coefficient (Wildman–Crippen LogP) is 2.02. The third kappa shape index (κ3) is 1.31. The molecule has 3 atom stereocenters. The molecule has 1 aromatic heterocycles. The molecule has 3 rings (SSSR count). The lowest BCUT2D eigenvalue weighted by atomic mass is 9.95. The van der Waals surface area contributed by atoms with Crippen molar-refractivity contribution >= 4 is 5.69 Å². The molecule has 0 spiro atoms. The molecule has 0 amide bonds. The zero-order chi connectivity index (χ0) is 9.54. The quantitative estimate of drug-likeness (QED) is 0.775. The highest BCUT2D eigenvalue weighted by Gasteiger charge is 2.39. The van der Waals surface area contributed by atoms with Crippen LogP contribution in [0.25, 0.3) is 0 Å². The molecule has 14 heavy (non-hydrogen) atoms. The standard InChI is InChI=1S/C11H17N3/c1-14-7-10(6-12-14)13-11-5-8-2-3-9(11)4-8/h6-9,11,13H,2-5H2,1H3/t8-,9-,11-/m0/s1. The molecule has 1 heterocycles. The van der Waals surface area contributed by atoms with Gasteiger partial charge in [-0.1, -0.05) is 6.42 Å². The van der Waals surface area contributed by atoms with Crippen molar-refractivity contribution in [2.24, 2.45) is 18.9 Å². The molecule has 2 saturated carbocycles. The van der Waals surface area contributed by atoms with Gasteiger partial charge < -0.3 is 5.32 Å². The summed E-state index contributed by atoms with van der Waals surface area (Å²) in [7, 11) is 1.96. The summed E-state index contributed by atoms with van der Waals surface area (Å²) < 4.78 is 1.86. The summed E-state index contributed by atoms with van der Waals surface area (Å²) in [5.41, 5.74) is 1.19. The number of aryl methyl sites for hydroxylation is 1. The van der Waals surface area contributed by atoms with E-state index in [9.17, 15) is 0 Å². The van der Waals surface area contributed by atoms with Gasteiger partial charge in [-0.2, -0.15) is 5.10 Å². The monoisotopic (exact) mass is 191 g/mol. The van der Waals surface area contributed by atoms with E-state index in [0.717, 1.165) is 17.9 Å². The van der Waals surface area contributed by atoms with Gasteiger partial charge in [-0.3, -0.25) is 4.68 Å². The van der Waals surface area contributed by atoms with E-state index in [-0.39, 0.29) is 0 Å². The first-order valence-corrected chi connectivity index (χ1v) is 5.56. The average Bonchev–Trinajstić information content (AvgIpc) is 2.82. The van der Waals surface area contributed by atoms with Crippen LogP contribution in [0.5, 0.6) is 0 Å². The van der Waals surface area contributed by atoms with Gasteiger partial charge in [-0.05, 0) is 31.1 Å². The van der Waals surface area contributed by atoms with E-state index in [1.165, 1.54) is 31.4 Å².